The minimum atomic E-state index is -0.936. The van der Waals surface area contributed by atoms with E-state index in [9.17, 15) is 4.79 Å². The van der Waals surface area contributed by atoms with Crippen molar-refractivity contribution in [2.75, 3.05) is 27.2 Å². The molecule has 0 spiro atoms. The Labute approximate surface area is 118 Å². The van der Waals surface area contributed by atoms with Crippen LogP contribution < -0.4 is 15.2 Å². The van der Waals surface area contributed by atoms with Gasteiger partial charge < -0.3 is 20.3 Å². The van der Waals surface area contributed by atoms with Crippen LogP contribution in [0.4, 0.5) is 0 Å². The van der Waals surface area contributed by atoms with Crippen molar-refractivity contribution < 1.29 is 19.4 Å². The topological polar surface area (TPSA) is 85.0 Å². The number of ether oxygens (including phenoxy) is 2. The van der Waals surface area contributed by atoms with Gasteiger partial charge in [0.05, 0.1) is 13.5 Å². The summed E-state index contributed by atoms with van der Waals surface area (Å²) in [5, 5.41) is 8.88. The number of hydrogen-bond acceptors (Lipinski definition) is 5. The fraction of sp³-hybridized carbons (Fsp3) is 0.500. The molecule has 110 valence electrons. The highest BCUT2D eigenvalue weighted by Crippen LogP contribution is 2.36. The monoisotopic (exact) mass is 280 g/mol. The van der Waals surface area contributed by atoms with Gasteiger partial charge in [0, 0.05) is 24.7 Å². The van der Waals surface area contributed by atoms with E-state index in [4.69, 9.17) is 20.3 Å². The van der Waals surface area contributed by atoms with Crippen LogP contribution in [0.2, 0.25) is 0 Å². The maximum atomic E-state index is 10.8. The average Bonchev–Trinajstić information content (AvgIpc) is 2.36. The number of likely N-dealkylation sites (N-methyl/N-ethyl adjacent to an activating group) is 1. The maximum Gasteiger partial charge on any atom is 0.305 e. The molecule has 1 heterocycles. The van der Waals surface area contributed by atoms with Crippen molar-refractivity contribution in [2.45, 2.75) is 18.6 Å². The van der Waals surface area contributed by atoms with E-state index in [0.29, 0.717) is 17.1 Å². The Hall–Kier alpha value is -1.79. The molecule has 0 radical (unpaired) electrons. The predicted octanol–water partition coefficient (Wildman–Crippen LogP) is 0.862. The first-order valence-corrected chi connectivity index (χ1v) is 6.50. The molecule has 6 heteroatoms. The number of nitrogens with two attached hydrogens (primary N) is 1. The highest BCUT2D eigenvalue weighted by molar-refractivity contribution is 5.68. The van der Waals surface area contributed by atoms with Gasteiger partial charge in [-0.25, -0.2) is 0 Å². The molecule has 1 aromatic carbocycles. The second-order valence-electron chi connectivity index (χ2n) is 5.04. The SMILES string of the molecule is COc1cccc(C(N)CC(=O)O)c1OC1CN(C)C1. The summed E-state index contributed by atoms with van der Waals surface area (Å²) in [4.78, 5) is 13.0. The van der Waals surface area contributed by atoms with Crippen LogP contribution in [0.3, 0.4) is 0 Å². The number of hydrogen-bond donors (Lipinski definition) is 2. The third-order valence-corrected chi connectivity index (χ3v) is 3.34. The van der Waals surface area contributed by atoms with Gasteiger partial charge in [0.2, 0.25) is 0 Å². The minimum absolute atomic E-state index is 0.0899. The number of benzene rings is 1. The lowest BCUT2D eigenvalue weighted by molar-refractivity contribution is -0.137. The zero-order valence-corrected chi connectivity index (χ0v) is 11.7. The van der Waals surface area contributed by atoms with E-state index in [1.54, 1.807) is 25.3 Å². The van der Waals surface area contributed by atoms with E-state index in [1.807, 2.05) is 7.05 Å². The van der Waals surface area contributed by atoms with Gasteiger partial charge in [-0.3, -0.25) is 9.69 Å². The van der Waals surface area contributed by atoms with Crippen molar-refractivity contribution in [3.05, 3.63) is 23.8 Å². The maximum absolute atomic E-state index is 10.8. The first-order chi connectivity index (χ1) is 9.51. The molecule has 2 rings (SSSR count). The molecule has 1 fully saturated rings. The number of rotatable bonds is 6. The molecule has 1 aliphatic heterocycles. The molecule has 1 aliphatic rings. The third-order valence-electron chi connectivity index (χ3n) is 3.34. The molecular weight excluding hydrogens is 260 g/mol. The fourth-order valence-electron chi connectivity index (χ4n) is 2.29. The summed E-state index contributed by atoms with van der Waals surface area (Å²) in [5.41, 5.74) is 6.62. The van der Waals surface area contributed by atoms with Gasteiger partial charge in [-0.2, -0.15) is 0 Å². The van der Waals surface area contributed by atoms with Gasteiger partial charge >= 0.3 is 5.97 Å². The molecule has 0 saturated carbocycles. The highest BCUT2D eigenvalue weighted by atomic mass is 16.5. The van der Waals surface area contributed by atoms with E-state index >= 15 is 0 Å². The number of likely N-dealkylation sites (tertiary alicyclic amines) is 1. The van der Waals surface area contributed by atoms with Gasteiger partial charge in [0.25, 0.3) is 0 Å². The number of methoxy groups -OCH3 is 1. The van der Waals surface area contributed by atoms with Gasteiger partial charge in [0.1, 0.15) is 6.10 Å². The average molecular weight is 280 g/mol. The fourth-order valence-corrected chi connectivity index (χ4v) is 2.29. The molecule has 1 saturated heterocycles. The minimum Gasteiger partial charge on any atom is -0.493 e. The number of carboxylic acids is 1. The second kappa shape index (κ2) is 6.11. The summed E-state index contributed by atoms with van der Waals surface area (Å²) < 4.78 is 11.2. The summed E-state index contributed by atoms with van der Waals surface area (Å²) in [6.07, 6.45) is -0.0549. The number of aliphatic carboxylic acids is 1. The summed E-state index contributed by atoms with van der Waals surface area (Å²) in [6, 6.07) is 4.74. The number of carbonyl (C=O) groups is 1. The van der Waals surface area contributed by atoms with Crippen LogP contribution >= 0.6 is 0 Å². The lowest BCUT2D eigenvalue weighted by Crippen LogP contribution is -2.51. The first-order valence-electron chi connectivity index (χ1n) is 6.50. The molecule has 0 aliphatic carbocycles. The van der Waals surface area contributed by atoms with Crippen LogP contribution in [0.15, 0.2) is 18.2 Å². The summed E-state index contributed by atoms with van der Waals surface area (Å²) in [7, 11) is 3.57. The van der Waals surface area contributed by atoms with Gasteiger partial charge in [-0.05, 0) is 13.1 Å². The molecule has 6 nitrogen and oxygen atoms in total. The van der Waals surface area contributed by atoms with Gasteiger partial charge in [-0.15, -0.1) is 0 Å². The molecule has 1 atom stereocenters. The Bertz CT molecular complexity index is 486. The second-order valence-corrected chi connectivity index (χ2v) is 5.04. The van der Waals surface area contributed by atoms with Crippen LogP contribution in [-0.2, 0) is 4.79 Å². The van der Waals surface area contributed by atoms with Crippen LogP contribution in [0.1, 0.15) is 18.0 Å². The molecule has 1 unspecified atom stereocenters. The lowest BCUT2D eigenvalue weighted by Gasteiger charge is -2.37. The van der Waals surface area contributed by atoms with Crippen molar-refractivity contribution in [3.8, 4) is 11.5 Å². The molecule has 3 N–H and O–H groups in total. The Morgan fingerprint density at radius 2 is 2.25 bits per heavy atom. The normalized spacial score (nSPS) is 17.4. The van der Waals surface area contributed by atoms with Crippen molar-refractivity contribution in [3.63, 3.8) is 0 Å². The largest absolute Gasteiger partial charge is 0.493 e. The predicted molar refractivity (Wildman–Crippen MR) is 74.1 cm³/mol. The zero-order chi connectivity index (χ0) is 14.7. The highest BCUT2D eigenvalue weighted by Gasteiger charge is 2.28. The van der Waals surface area contributed by atoms with E-state index in [1.165, 1.54) is 0 Å². The summed E-state index contributed by atoms with van der Waals surface area (Å²) in [6.45, 7) is 1.68. The molecule has 0 aromatic heterocycles. The summed E-state index contributed by atoms with van der Waals surface area (Å²) in [5.74, 6) is 0.203. The molecule has 0 bridgehead atoms. The smallest absolute Gasteiger partial charge is 0.305 e. The van der Waals surface area contributed by atoms with E-state index in [2.05, 4.69) is 4.90 Å². The standard InChI is InChI=1S/C14H20N2O4/c1-16-7-9(8-16)20-14-10(11(15)6-13(17)18)4-3-5-12(14)19-2/h3-5,9,11H,6-8,15H2,1-2H3,(H,17,18). The van der Waals surface area contributed by atoms with Crippen LogP contribution in [0.25, 0.3) is 0 Å². The van der Waals surface area contributed by atoms with Crippen molar-refractivity contribution in [2.24, 2.45) is 5.73 Å². The quantitative estimate of drug-likeness (QED) is 0.804. The van der Waals surface area contributed by atoms with Crippen molar-refractivity contribution in [1.82, 2.24) is 4.90 Å². The molecule has 20 heavy (non-hydrogen) atoms. The first kappa shape index (κ1) is 14.6. The van der Waals surface area contributed by atoms with E-state index in [-0.39, 0.29) is 12.5 Å². The zero-order valence-electron chi connectivity index (χ0n) is 11.7. The number of para-hydroxylation sites is 1. The molecule has 1 aromatic rings. The van der Waals surface area contributed by atoms with Crippen LogP contribution in [-0.4, -0.2) is 49.3 Å². The van der Waals surface area contributed by atoms with Crippen LogP contribution in [0, 0.1) is 0 Å². The number of nitrogens with zero attached hydrogens (tertiary/aromatic N) is 1. The lowest BCUT2D eigenvalue weighted by atomic mass is 10.0. The molecule has 0 amide bonds. The van der Waals surface area contributed by atoms with Crippen molar-refractivity contribution >= 4 is 5.97 Å². The Morgan fingerprint density at radius 1 is 1.55 bits per heavy atom. The van der Waals surface area contributed by atoms with E-state index < -0.39 is 12.0 Å². The Kier molecular flexibility index (Phi) is 4.46. The van der Waals surface area contributed by atoms with Gasteiger partial charge in [0.15, 0.2) is 11.5 Å². The van der Waals surface area contributed by atoms with Crippen LogP contribution in [0.5, 0.6) is 11.5 Å². The third kappa shape index (κ3) is 3.20. The van der Waals surface area contributed by atoms with Gasteiger partial charge in [-0.1, -0.05) is 12.1 Å². The number of carboxylic acid groups (broad SMARTS) is 1. The Balaban J connectivity index is 2.23. The Morgan fingerprint density at radius 3 is 2.80 bits per heavy atom. The van der Waals surface area contributed by atoms with Crippen molar-refractivity contribution in [1.29, 1.82) is 0 Å². The molecular formula is C14H20N2O4. The van der Waals surface area contributed by atoms with E-state index in [0.717, 1.165) is 13.1 Å². The summed E-state index contributed by atoms with van der Waals surface area (Å²) >= 11 is 0.